The summed E-state index contributed by atoms with van der Waals surface area (Å²) in [7, 11) is 0. The third-order valence-electron chi connectivity index (χ3n) is 7.17. The van der Waals surface area contributed by atoms with E-state index < -0.39 is 41.4 Å². The van der Waals surface area contributed by atoms with Crippen LogP contribution in [0.2, 0.25) is 0 Å². The second-order valence-corrected chi connectivity index (χ2v) is 10.4. The maximum absolute atomic E-state index is 12.9. The molecule has 0 bridgehead atoms. The van der Waals surface area contributed by atoms with Gasteiger partial charge in [-0.3, -0.25) is 14.4 Å². The molecule has 0 aromatic carbocycles. The van der Waals surface area contributed by atoms with Crippen LogP contribution in [0.1, 0.15) is 149 Å². The fourth-order valence-corrected chi connectivity index (χ4v) is 4.75. The number of carboxylic acids is 2. The number of nitrogens with two attached hydrogens (primary N) is 1. The molecule has 0 saturated heterocycles. The van der Waals surface area contributed by atoms with Crippen LogP contribution in [-0.2, 0) is 19.2 Å². The zero-order chi connectivity index (χ0) is 27.2. The first-order valence-corrected chi connectivity index (χ1v) is 14.5. The monoisotopic (exact) mass is 511 g/mol. The Kier molecular flexibility index (Phi) is 20.3. The molecule has 0 aliphatic rings. The first-order chi connectivity index (χ1) is 17.2. The Morgan fingerprint density at radius 1 is 0.611 bits per heavy atom. The highest BCUT2D eigenvalue weighted by atomic mass is 16.4. The van der Waals surface area contributed by atoms with Crippen molar-refractivity contribution in [1.82, 2.24) is 0 Å². The number of carboxylic acid groups (broad SMARTS) is 2. The molecule has 0 spiro atoms. The van der Waals surface area contributed by atoms with Gasteiger partial charge in [0.15, 0.2) is 11.3 Å². The van der Waals surface area contributed by atoms with Gasteiger partial charge in [0.1, 0.15) is 5.78 Å². The highest BCUT2D eigenvalue weighted by Crippen LogP contribution is 2.27. The molecule has 0 fully saturated rings. The summed E-state index contributed by atoms with van der Waals surface area (Å²) in [6.07, 6.45) is 18.1. The summed E-state index contributed by atoms with van der Waals surface area (Å²) in [5.41, 5.74) is 3.57. The van der Waals surface area contributed by atoms with Crippen molar-refractivity contribution in [3.8, 4) is 0 Å². The number of ketones is 2. The van der Waals surface area contributed by atoms with Gasteiger partial charge in [0.25, 0.3) is 0 Å². The van der Waals surface area contributed by atoms with Crippen LogP contribution < -0.4 is 5.73 Å². The predicted molar refractivity (Wildman–Crippen MR) is 144 cm³/mol. The SMILES string of the molecule is CCCCCCCCCCCC(=O)C(CC(=O)O)[C@](N)(C(=O)O)C(=O)CCCCCCCCCCC. The third kappa shape index (κ3) is 14.7. The molecule has 0 aromatic rings. The summed E-state index contributed by atoms with van der Waals surface area (Å²) < 4.78 is 0. The van der Waals surface area contributed by atoms with E-state index in [1.165, 1.54) is 51.4 Å². The molecule has 36 heavy (non-hydrogen) atoms. The molecule has 2 atom stereocenters. The van der Waals surface area contributed by atoms with Crippen LogP contribution in [0, 0.1) is 5.92 Å². The quantitative estimate of drug-likeness (QED) is 0.0854. The zero-order valence-electron chi connectivity index (χ0n) is 23.0. The largest absolute Gasteiger partial charge is 0.481 e. The first kappa shape index (κ1) is 34.2. The van der Waals surface area contributed by atoms with Gasteiger partial charge in [0, 0.05) is 12.8 Å². The van der Waals surface area contributed by atoms with E-state index in [0.29, 0.717) is 12.8 Å². The number of carbonyl (C=O) groups is 4. The average Bonchev–Trinajstić information content (AvgIpc) is 2.84. The van der Waals surface area contributed by atoms with Gasteiger partial charge in [-0.05, 0) is 12.8 Å². The van der Waals surface area contributed by atoms with Crippen molar-refractivity contribution in [3.63, 3.8) is 0 Å². The molecular formula is C29H53NO6. The smallest absolute Gasteiger partial charge is 0.332 e. The second-order valence-electron chi connectivity index (χ2n) is 10.4. The molecule has 0 aromatic heterocycles. The average molecular weight is 512 g/mol. The fourth-order valence-electron chi connectivity index (χ4n) is 4.75. The number of aliphatic carboxylic acids is 2. The lowest BCUT2D eigenvalue weighted by Gasteiger charge is -2.30. The summed E-state index contributed by atoms with van der Waals surface area (Å²) in [4.78, 5) is 49.3. The molecule has 0 saturated carbocycles. The van der Waals surface area contributed by atoms with Gasteiger partial charge >= 0.3 is 11.9 Å². The summed E-state index contributed by atoms with van der Waals surface area (Å²) >= 11 is 0. The molecule has 0 heterocycles. The van der Waals surface area contributed by atoms with E-state index in [9.17, 15) is 29.4 Å². The summed E-state index contributed by atoms with van der Waals surface area (Å²) in [5.74, 6) is -5.77. The van der Waals surface area contributed by atoms with Crippen molar-refractivity contribution in [2.24, 2.45) is 11.7 Å². The van der Waals surface area contributed by atoms with Crippen LogP contribution in [0.3, 0.4) is 0 Å². The Morgan fingerprint density at radius 3 is 1.33 bits per heavy atom. The van der Waals surface area contributed by atoms with Gasteiger partial charge in [-0.25, -0.2) is 4.79 Å². The van der Waals surface area contributed by atoms with Gasteiger partial charge in [0.2, 0.25) is 0 Å². The number of hydrogen-bond donors (Lipinski definition) is 3. The standard InChI is InChI=1S/C29H53NO6/c1-3-5-7-9-11-13-15-17-19-21-25(31)24(23-27(33)34)29(30,28(35)36)26(32)22-20-18-16-14-12-10-8-6-4-2/h24H,3-23,30H2,1-2H3,(H,33,34)(H,35,36)/t24?,29-/m1/s1. The molecule has 0 amide bonds. The van der Waals surface area contributed by atoms with Crippen LogP contribution in [0.4, 0.5) is 0 Å². The lowest BCUT2D eigenvalue weighted by Crippen LogP contribution is -2.62. The number of hydrogen-bond acceptors (Lipinski definition) is 5. The third-order valence-corrected chi connectivity index (χ3v) is 7.17. The zero-order valence-corrected chi connectivity index (χ0v) is 23.0. The van der Waals surface area contributed by atoms with E-state index in [2.05, 4.69) is 13.8 Å². The molecule has 1 unspecified atom stereocenters. The summed E-state index contributed by atoms with van der Waals surface area (Å²) in [6, 6.07) is 0. The van der Waals surface area contributed by atoms with Crippen molar-refractivity contribution < 1.29 is 29.4 Å². The maximum atomic E-state index is 12.9. The Morgan fingerprint density at radius 2 is 0.972 bits per heavy atom. The van der Waals surface area contributed by atoms with E-state index in [1.54, 1.807) is 0 Å². The Hall–Kier alpha value is -1.76. The molecule has 4 N–H and O–H groups in total. The summed E-state index contributed by atoms with van der Waals surface area (Å²) in [5, 5.41) is 19.1. The minimum Gasteiger partial charge on any atom is -0.481 e. The van der Waals surface area contributed by atoms with Crippen LogP contribution in [0.5, 0.6) is 0 Å². The van der Waals surface area contributed by atoms with Gasteiger partial charge in [-0.1, -0.05) is 117 Å². The molecule has 0 aliphatic heterocycles. The first-order valence-electron chi connectivity index (χ1n) is 14.5. The van der Waals surface area contributed by atoms with Crippen LogP contribution in [-0.4, -0.2) is 39.3 Å². The van der Waals surface area contributed by atoms with Crippen LogP contribution >= 0.6 is 0 Å². The second kappa shape index (κ2) is 21.3. The van der Waals surface area contributed by atoms with Crippen molar-refractivity contribution in [3.05, 3.63) is 0 Å². The van der Waals surface area contributed by atoms with Gasteiger partial charge in [0.05, 0.1) is 12.3 Å². The number of unbranched alkanes of at least 4 members (excludes halogenated alkanes) is 16. The predicted octanol–water partition coefficient (Wildman–Crippen LogP) is 6.84. The van der Waals surface area contributed by atoms with Crippen molar-refractivity contribution in [2.75, 3.05) is 0 Å². The molecule has 210 valence electrons. The molecular weight excluding hydrogens is 458 g/mol. The van der Waals surface area contributed by atoms with E-state index in [4.69, 9.17) is 5.73 Å². The Bertz CT molecular complexity index is 635. The summed E-state index contributed by atoms with van der Waals surface area (Å²) in [6.45, 7) is 4.36. The molecule has 7 nitrogen and oxygen atoms in total. The highest BCUT2D eigenvalue weighted by Gasteiger charge is 2.51. The highest BCUT2D eigenvalue weighted by molar-refractivity contribution is 6.12. The number of rotatable bonds is 26. The number of carbonyl (C=O) groups excluding carboxylic acids is 2. The molecule has 0 aliphatic carbocycles. The minimum atomic E-state index is -2.49. The lowest BCUT2D eigenvalue weighted by atomic mass is 9.74. The van der Waals surface area contributed by atoms with Gasteiger partial charge in [-0.15, -0.1) is 0 Å². The van der Waals surface area contributed by atoms with Crippen LogP contribution in [0.25, 0.3) is 0 Å². The van der Waals surface area contributed by atoms with Gasteiger partial charge < -0.3 is 15.9 Å². The van der Waals surface area contributed by atoms with Crippen molar-refractivity contribution in [2.45, 2.75) is 154 Å². The maximum Gasteiger partial charge on any atom is 0.332 e. The van der Waals surface area contributed by atoms with E-state index in [0.717, 1.165) is 51.4 Å². The van der Waals surface area contributed by atoms with Crippen molar-refractivity contribution >= 4 is 23.5 Å². The Labute approximate surface area is 219 Å². The number of Topliss-reactive ketones (excluding diaryl/α,β-unsaturated/α-hetero) is 2. The molecule has 0 rings (SSSR count). The van der Waals surface area contributed by atoms with Gasteiger partial charge in [-0.2, -0.15) is 0 Å². The topological polar surface area (TPSA) is 135 Å². The molecule has 0 radical (unpaired) electrons. The van der Waals surface area contributed by atoms with Crippen LogP contribution in [0.15, 0.2) is 0 Å². The van der Waals surface area contributed by atoms with E-state index in [1.807, 2.05) is 0 Å². The normalized spacial score (nSPS) is 13.8. The van der Waals surface area contributed by atoms with E-state index >= 15 is 0 Å². The van der Waals surface area contributed by atoms with E-state index in [-0.39, 0.29) is 12.8 Å². The molecule has 7 heteroatoms. The minimum absolute atomic E-state index is 0.0469. The van der Waals surface area contributed by atoms with Crippen molar-refractivity contribution in [1.29, 1.82) is 0 Å². The lowest BCUT2D eigenvalue weighted by molar-refractivity contribution is -0.156. The Balaban J connectivity index is 4.72. The fraction of sp³-hybridized carbons (Fsp3) is 0.862.